The van der Waals surface area contributed by atoms with E-state index in [4.69, 9.17) is 10.8 Å². The minimum Gasteiger partial charge on any atom is -0.481 e. The minimum atomic E-state index is -0.801. The van der Waals surface area contributed by atoms with Crippen molar-refractivity contribution in [1.29, 1.82) is 0 Å². The van der Waals surface area contributed by atoms with Crippen LogP contribution < -0.4 is 5.73 Å². The van der Waals surface area contributed by atoms with Gasteiger partial charge in [0.05, 0.1) is 6.42 Å². The third-order valence-corrected chi connectivity index (χ3v) is 3.02. The van der Waals surface area contributed by atoms with Crippen LogP contribution in [0.3, 0.4) is 0 Å². The summed E-state index contributed by atoms with van der Waals surface area (Å²) < 4.78 is 1.04. The molecule has 4 heteroatoms. The fourth-order valence-corrected chi connectivity index (χ4v) is 2.44. The molecule has 1 heterocycles. The molecule has 1 aromatic carbocycles. The van der Waals surface area contributed by atoms with E-state index in [-0.39, 0.29) is 6.42 Å². The lowest BCUT2D eigenvalue weighted by molar-refractivity contribution is -0.136. The molecule has 14 heavy (non-hydrogen) atoms. The average molecular weight is 207 g/mol. The zero-order chi connectivity index (χ0) is 10.1. The number of hydrogen-bond acceptors (Lipinski definition) is 3. The second-order valence-corrected chi connectivity index (χ2v) is 4.25. The third-order valence-electron chi connectivity index (χ3n) is 1.92. The second kappa shape index (κ2) is 3.31. The number of carboxylic acid groups (broad SMARTS) is 1. The first-order valence-corrected chi connectivity index (χ1v) is 4.96. The SMILES string of the molecule is Nc1ccc2cc(CC(=O)O)sc2c1. The molecule has 0 aliphatic rings. The molecular weight excluding hydrogens is 198 g/mol. The number of carboxylic acids is 1. The van der Waals surface area contributed by atoms with Crippen LogP contribution in [0.2, 0.25) is 0 Å². The fourth-order valence-electron chi connectivity index (χ4n) is 1.34. The number of benzene rings is 1. The standard InChI is InChI=1S/C10H9NO2S/c11-7-2-1-6-3-8(5-10(12)13)14-9(6)4-7/h1-4H,5,11H2,(H,12,13). The van der Waals surface area contributed by atoms with Crippen LogP contribution in [0.5, 0.6) is 0 Å². The Hall–Kier alpha value is -1.55. The van der Waals surface area contributed by atoms with Crippen molar-refractivity contribution in [3.05, 3.63) is 29.1 Å². The van der Waals surface area contributed by atoms with Crippen molar-refractivity contribution < 1.29 is 9.90 Å². The molecular formula is C10H9NO2S. The Morgan fingerprint density at radius 2 is 2.21 bits per heavy atom. The normalized spacial score (nSPS) is 10.6. The monoisotopic (exact) mass is 207 g/mol. The van der Waals surface area contributed by atoms with Gasteiger partial charge in [-0.15, -0.1) is 11.3 Å². The summed E-state index contributed by atoms with van der Waals surface area (Å²) in [5, 5.41) is 9.68. The van der Waals surface area contributed by atoms with Gasteiger partial charge >= 0.3 is 5.97 Å². The molecule has 0 saturated heterocycles. The average Bonchev–Trinajstić information content (AvgIpc) is 2.44. The van der Waals surface area contributed by atoms with E-state index in [2.05, 4.69) is 0 Å². The van der Waals surface area contributed by atoms with E-state index in [1.807, 2.05) is 24.3 Å². The maximum absolute atomic E-state index is 10.5. The molecule has 3 nitrogen and oxygen atoms in total. The van der Waals surface area contributed by atoms with Gasteiger partial charge in [-0.05, 0) is 23.6 Å². The molecule has 0 bridgehead atoms. The molecule has 72 valence electrons. The Morgan fingerprint density at radius 3 is 2.93 bits per heavy atom. The lowest BCUT2D eigenvalue weighted by atomic mass is 10.2. The van der Waals surface area contributed by atoms with Crippen LogP contribution in [-0.4, -0.2) is 11.1 Å². The van der Waals surface area contributed by atoms with Crippen molar-refractivity contribution in [1.82, 2.24) is 0 Å². The van der Waals surface area contributed by atoms with Gasteiger partial charge < -0.3 is 10.8 Å². The van der Waals surface area contributed by atoms with Gasteiger partial charge in [0.25, 0.3) is 0 Å². The molecule has 0 unspecified atom stereocenters. The summed E-state index contributed by atoms with van der Waals surface area (Å²) in [5.74, 6) is -0.801. The Kier molecular flexibility index (Phi) is 2.13. The van der Waals surface area contributed by atoms with Crippen molar-refractivity contribution in [2.24, 2.45) is 0 Å². The number of carbonyl (C=O) groups is 1. The van der Waals surface area contributed by atoms with Gasteiger partial charge in [0.2, 0.25) is 0 Å². The molecule has 0 atom stereocenters. The van der Waals surface area contributed by atoms with Gasteiger partial charge in [0, 0.05) is 15.3 Å². The third kappa shape index (κ3) is 1.70. The van der Waals surface area contributed by atoms with E-state index < -0.39 is 5.97 Å². The zero-order valence-corrected chi connectivity index (χ0v) is 8.17. The van der Waals surface area contributed by atoms with Crippen molar-refractivity contribution in [3.63, 3.8) is 0 Å². The van der Waals surface area contributed by atoms with Crippen LogP contribution in [0.15, 0.2) is 24.3 Å². The van der Waals surface area contributed by atoms with E-state index in [0.29, 0.717) is 5.69 Å². The van der Waals surface area contributed by atoms with Crippen molar-refractivity contribution in [2.45, 2.75) is 6.42 Å². The van der Waals surface area contributed by atoms with Crippen LogP contribution in [0.4, 0.5) is 5.69 Å². The number of thiophene rings is 1. The van der Waals surface area contributed by atoms with Gasteiger partial charge in [0.1, 0.15) is 0 Å². The zero-order valence-electron chi connectivity index (χ0n) is 7.36. The van der Waals surface area contributed by atoms with Gasteiger partial charge in [0.15, 0.2) is 0 Å². The van der Waals surface area contributed by atoms with Crippen LogP contribution in [0.25, 0.3) is 10.1 Å². The highest BCUT2D eigenvalue weighted by Gasteiger charge is 2.05. The Bertz CT molecular complexity index is 490. The highest BCUT2D eigenvalue weighted by atomic mass is 32.1. The number of nitrogens with two attached hydrogens (primary N) is 1. The smallest absolute Gasteiger partial charge is 0.308 e. The summed E-state index contributed by atoms with van der Waals surface area (Å²) in [6.07, 6.45) is 0.0826. The lowest BCUT2D eigenvalue weighted by Gasteiger charge is -1.90. The summed E-state index contributed by atoms with van der Waals surface area (Å²) in [6.45, 7) is 0. The Balaban J connectivity index is 2.46. The second-order valence-electron chi connectivity index (χ2n) is 3.08. The highest BCUT2D eigenvalue weighted by Crippen LogP contribution is 2.27. The molecule has 0 aliphatic carbocycles. The Labute approximate surface area is 84.8 Å². The Morgan fingerprint density at radius 1 is 1.43 bits per heavy atom. The van der Waals surface area contributed by atoms with Crippen LogP contribution in [-0.2, 0) is 11.2 Å². The van der Waals surface area contributed by atoms with Crippen molar-refractivity contribution in [2.75, 3.05) is 5.73 Å². The maximum atomic E-state index is 10.5. The summed E-state index contributed by atoms with van der Waals surface area (Å²) in [4.78, 5) is 11.4. The summed E-state index contributed by atoms with van der Waals surface area (Å²) in [5.41, 5.74) is 6.33. The van der Waals surface area contributed by atoms with Gasteiger partial charge in [-0.3, -0.25) is 4.79 Å². The fraction of sp³-hybridized carbons (Fsp3) is 0.100. The first kappa shape index (κ1) is 9.02. The molecule has 0 saturated carbocycles. The quantitative estimate of drug-likeness (QED) is 0.741. The molecule has 0 fully saturated rings. The molecule has 0 radical (unpaired) electrons. The molecule has 0 amide bonds. The predicted octanol–water partition coefficient (Wildman–Crippen LogP) is 2.11. The summed E-state index contributed by atoms with van der Waals surface area (Å²) in [7, 11) is 0. The molecule has 1 aromatic heterocycles. The van der Waals surface area contributed by atoms with Gasteiger partial charge in [-0.2, -0.15) is 0 Å². The van der Waals surface area contributed by atoms with E-state index in [9.17, 15) is 4.79 Å². The highest BCUT2D eigenvalue weighted by molar-refractivity contribution is 7.19. The van der Waals surface area contributed by atoms with E-state index >= 15 is 0 Å². The van der Waals surface area contributed by atoms with Crippen molar-refractivity contribution in [3.8, 4) is 0 Å². The van der Waals surface area contributed by atoms with E-state index in [1.165, 1.54) is 11.3 Å². The first-order chi connectivity index (χ1) is 6.65. The van der Waals surface area contributed by atoms with Crippen LogP contribution in [0.1, 0.15) is 4.88 Å². The van der Waals surface area contributed by atoms with Crippen LogP contribution >= 0.6 is 11.3 Å². The number of nitrogen functional groups attached to an aromatic ring is 1. The van der Waals surface area contributed by atoms with E-state index in [0.717, 1.165) is 15.0 Å². The predicted molar refractivity (Wildman–Crippen MR) is 57.6 cm³/mol. The van der Waals surface area contributed by atoms with Crippen molar-refractivity contribution >= 4 is 33.1 Å². The summed E-state index contributed by atoms with van der Waals surface area (Å²) >= 11 is 1.48. The minimum absolute atomic E-state index is 0.0826. The molecule has 0 aliphatic heterocycles. The molecule has 0 spiro atoms. The van der Waals surface area contributed by atoms with Gasteiger partial charge in [-0.25, -0.2) is 0 Å². The number of rotatable bonds is 2. The first-order valence-electron chi connectivity index (χ1n) is 4.15. The number of anilines is 1. The number of hydrogen-bond donors (Lipinski definition) is 2. The molecule has 3 N–H and O–H groups in total. The lowest BCUT2D eigenvalue weighted by Crippen LogP contribution is -1.96. The molecule has 2 rings (SSSR count). The van der Waals surface area contributed by atoms with Gasteiger partial charge in [-0.1, -0.05) is 6.07 Å². The number of aliphatic carboxylic acids is 1. The largest absolute Gasteiger partial charge is 0.481 e. The van der Waals surface area contributed by atoms with Crippen LogP contribution in [0, 0.1) is 0 Å². The number of fused-ring (bicyclic) bond motifs is 1. The van der Waals surface area contributed by atoms with E-state index in [1.54, 1.807) is 0 Å². The summed E-state index contributed by atoms with van der Waals surface area (Å²) in [6, 6.07) is 7.49. The molecule has 2 aromatic rings. The maximum Gasteiger partial charge on any atom is 0.308 e. The topological polar surface area (TPSA) is 63.3 Å².